The third kappa shape index (κ3) is 9.86. The van der Waals surface area contributed by atoms with E-state index in [1.165, 1.54) is 6.42 Å². The van der Waals surface area contributed by atoms with Crippen molar-refractivity contribution in [1.82, 2.24) is 25.8 Å². The maximum absolute atomic E-state index is 13.8. The van der Waals surface area contributed by atoms with E-state index in [1.807, 2.05) is 69.3 Å². The van der Waals surface area contributed by atoms with Crippen LogP contribution in [-0.2, 0) is 20.8 Å². The van der Waals surface area contributed by atoms with E-state index in [0.29, 0.717) is 23.9 Å². The highest BCUT2D eigenvalue weighted by Crippen LogP contribution is 2.39. The van der Waals surface area contributed by atoms with Crippen LogP contribution in [0.3, 0.4) is 0 Å². The van der Waals surface area contributed by atoms with E-state index < -0.39 is 53.9 Å². The molecule has 3 aromatic rings. The highest BCUT2D eigenvalue weighted by atomic mass is 16.3. The minimum atomic E-state index is -1.30. The largest absolute Gasteiger partial charge is 0.390 e. The summed E-state index contributed by atoms with van der Waals surface area (Å²) in [7, 11) is 0. The maximum Gasteiger partial charge on any atom is 0.270 e. The number of nitrogens with zero attached hydrogens (tertiary/aromatic N) is 2. The Labute approximate surface area is 288 Å². The maximum atomic E-state index is 13.8. The molecule has 1 aliphatic carbocycles. The summed E-state index contributed by atoms with van der Waals surface area (Å²) in [5.41, 5.74) is 6.70. The molecule has 0 bridgehead atoms. The lowest BCUT2D eigenvalue weighted by molar-refractivity contribution is -0.133. The lowest BCUT2D eigenvalue weighted by Crippen LogP contribution is -2.61. The number of fused-ring (bicyclic) bond motifs is 2. The average molecular weight is 671 g/mol. The Bertz CT molecular complexity index is 1630. The number of likely N-dealkylation sites (tertiary alicyclic amines) is 1. The van der Waals surface area contributed by atoms with Gasteiger partial charge in [-0.1, -0.05) is 73.9 Å². The predicted octanol–water partition coefficient (Wildman–Crippen LogP) is 3.09. The molecule has 6 N–H and O–H groups in total. The van der Waals surface area contributed by atoms with Crippen molar-refractivity contribution in [2.24, 2.45) is 17.6 Å². The zero-order valence-electron chi connectivity index (χ0n) is 28.7. The van der Waals surface area contributed by atoms with Crippen LogP contribution in [0, 0.1) is 11.8 Å². The molecule has 3 unspecified atom stereocenters. The monoisotopic (exact) mass is 670 g/mol. The number of hydrogen-bond acceptors (Lipinski definition) is 7. The van der Waals surface area contributed by atoms with E-state index in [4.69, 9.17) is 5.73 Å². The number of carbonyl (C=O) groups excluding carboxylic acids is 4. The Morgan fingerprint density at radius 3 is 2.35 bits per heavy atom. The van der Waals surface area contributed by atoms with Gasteiger partial charge in [-0.3, -0.25) is 24.1 Å². The molecule has 11 nitrogen and oxygen atoms in total. The first-order valence-corrected chi connectivity index (χ1v) is 17.4. The first kappa shape index (κ1) is 35.9. The summed E-state index contributed by atoms with van der Waals surface area (Å²) in [6, 6.07) is 17.6. The summed E-state index contributed by atoms with van der Waals surface area (Å²) in [4.78, 5) is 59.3. The van der Waals surface area contributed by atoms with Gasteiger partial charge in [0.05, 0.1) is 30.1 Å². The van der Waals surface area contributed by atoms with Crippen LogP contribution in [0.25, 0.3) is 10.9 Å². The second-order valence-electron chi connectivity index (χ2n) is 14.7. The van der Waals surface area contributed by atoms with Gasteiger partial charge in [0.2, 0.25) is 17.7 Å². The number of benzene rings is 2. The zero-order valence-corrected chi connectivity index (χ0v) is 28.7. The Balaban J connectivity index is 1.35. The number of amides is 4. The van der Waals surface area contributed by atoms with Crippen molar-refractivity contribution < 1.29 is 24.3 Å². The number of pyridine rings is 1. The average Bonchev–Trinajstić information content (AvgIpc) is 3.06. The Hall–Kier alpha value is -4.35. The molecule has 0 spiro atoms. The van der Waals surface area contributed by atoms with Gasteiger partial charge in [0, 0.05) is 24.0 Å². The number of β-amino-alcohol motifs (C(OH)–C–C–N with tert-alkyl or cyclic N) is 1. The lowest BCUT2D eigenvalue weighted by atomic mass is 9.72. The molecule has 4 amide bonds. The third-order valence-corrected chi connectivity index (χ3v) is 9.67. The molecule has 5 rings (SSSR count). The molecule has 49 heavy (non-hydrogen) atoms. The molecule has 2 aromatic carbocycles. The van der Waals surface area contributed by atoms with Crippen molar-refractivity contribution in [2.75, 3.05) is 13.1 Å². The number of carbonyl (C=O) groups is 4. The SMILES string of the molecule is CC(C)(C)NC(=O)C1C[C@@H]2CCCC[C@@H]2CN1CC(O)C(Cc1ccccc1)NC(=O)[C@H](CC(N)=O)NC(=O)c1ccc2ccccc2n1. The molecule has 6 atom stereocenters. The summed E-state index contributed by atoms with van der Waals surface area (Å²) in [6.45, 7) is 6.73. The van der Waals surface area contributed by atoms with Gasteiger partial charge in [-0.25, -0.2) is 4.98 Å². The first-order valence-electron chi connectivity index (χ1n) is 17.4. The van der Waals surface area contributed by atoms with Crippen molar-refractivity contribution in [3.63, 3.8) is 0 Å². The van der Waals surface area contributed by atoms with Crippen LogP contribution in [0.1, 0.15) is 75.3 Å². The van der Waals surface area contributed by atoms with Crippen molar-refractivity contribution in [3.05, 3.63) is 78.0 Å². The number of hydrogen-bond donors (Lipinski definition) is 5. The van der Waals surface area contributed by atoms with Crippen LogP contribution in [0.5, 0.6) is 0 Å². The van der Waals surface area contributed by atoms with Crippen molar-refractivity contribution in [3.8, 4) is 0 Å². The second kappa shape index (κ2) is 15.9. The van der Waals surface area contributed by atoms with E-state index in [9.17, 15) is 24.3 Å². The van der Waals surface area contributed by atoms with Gasteiger partial charge in [0.15, 0.2) is 0 Å². The number of nitrogens with one attached hydrogen (secondary N) is 3. The van der Waals surface area contributed by atoms with Crippen LogP contribution in [0.15, 0.2) is 66.7 Å². The normalized spacial score (nSPS) is 21.5. The van der Waals surface area contributed by atoms with E-state index in [0.717, 1.165) is 36.6 Å². The molecule has 0 radical (unpaired) electrons. The molecule has 11 heteroatoms. The van der Waals surface area contributed by atoms with Crippen LogP contribution in [0.4, 0.5) is 0 Å². The third-order valence-electron chi connectivity index (χ3n) is 9.67. The molecule has 1 aromatic heterocycles. The van der Waals surface area contributed by atoms with Gasteiger partial charge in [0.25, 0.3) is 5.91 Å². The fourth-order valence-electron chi connectivity index (χ4n) is 7.26. The molecule has 262 valence electrons. The van der Waals surface area contributed by atoms with Crippen LogP contribution in [-0.4, -0.2) is 81.5 Å². The van der Waals surface area contributed by atoms with Crippen molar-refractivity contribution >= 4 is 34.5 Å². The molecule has 2 heterocycles. The van der Waals surface area contributed by atoms with Crippen LogP contribution < -0.4 is 21.7 Å². The second-order valence-corrected chi connectivity index (χ2v) is 14.7. The number of para-hydroxylation sites is 1. The van der Waals surface area contributed by atoms with Crippen LogP contribution >= 0.6 is 0 Å². The minimum Gasteiger partial charge on any atom is -0.390 e. The lowest BCUT2D eigenvalue weighted by Gasteiger charge is -2.47. The standard InChI is InChI=1S/C38H50N6O5/c1-38(2,3)43-37(49)32-20-26-14-7-8-15-27(26)22-44(32)23-33(45)30(19-24-11-5-4-6-12-24)41-36(48)31(21-34(39)46)42-35(47)29-18-17-25-13-9-10-16-28(25)40-29/h4-6,9-13,16-18,26-27,30-33,45H,7-8,14-15,19-23H2,1-3H3,(H2,39,46)(H,41,48)(H,42,47)(H,43,49)/t26-,27+,30?,31-,32?,33?/m0/s1. The quantitative estimate of drug-likeness (QED) is 0.198. The number of piperidine rings is 1. The minimum absolute atomic E-state index is 0.0566. The predicted molar refractivity (Wildman–Crippen MR) is 188 cm³/mol. The number of nitrogens with two attached hydrogens (primary N) is 1. The molecule has 1 aliphatic heterocycles. The number of rotatable bonds is 12. The molecule has 2 aliphatic rings. The summed E-state index contributed by atoms with van der Waals surface area (Å²) in [5, 5.41) is 21.4. The fourth-order valence-corrected chi connectivity index (χ4v) is 7.26. The van der Waals surface area contributed by atoms with E-state index in [1.54, 1.807) is 18.2 Å². The molecule has 1 saturated carbocycles. The van der Waals surface area contributed by atoms with Gasteiger partial charge in [0.1, 0.15) is 11.7 Å². The highest BCUT2D eigenvalue weighted by Gasteiger charge is 2.42. The fraction of sp³-hybridized carbons (Fsp3) is 0.500. The number of aromatic nitrogens is 1. The first-order chi connectivity index (χ1) is 23.4. The van der Waals surface area contributed by atoms with Gasteiger partial charge in [-0.05, 0) is 69.6 Å². The highest BCUT2D eigenvalue weighted by molar-refractivity contribution is 5.99. The topological polar surface area (TPSA) is 167 Å². The zero-order chi connectivity index (χ0) is 35.1. The Morgan fingerprint density at radius 2 is 1.63 bits per heavy atom. The summed E-state index contributed by atoms with van der Waals surface area (Å²) < 4.78 is 0. The molecule has 1 saturated heterocycles. The van der Waals surface area contributed by atoms with Gasteiger partial charge < -0.3 is 26.8 Å². The number of aliphatic hydroxyl groups excluding tert-OH is 1. The van der Waals surface area contributed by atoms with E-state index in [2.05, 4.69) is 25.8 Å². The van der Waals surface area contributed by atoms with Gasteiger partial charge in [-0.15, -0.1) is 0 Å². The van der Waals surface area contributed by atoms with Crippen LogP contribution in [0.2, 0.25) is 0 Å². The summed E-state index contributed by atoms with van der Waals surface area (Å²) >= 11 is 0. The Morgan fingerprint density at radius 1 is 0.939 bits per heavy atom. The van der Waals surface area contributed by atoms with Gasteiger partial charge in [-0.2, -0.15) is 0 Å². The molecule has 2 fully saturated rings. The van der Waals surface area contributed by atoms with E-state index in [-0.39, 0.29) is 24.6 Å². The number of aliphatic hydroxyl groups is 1. The van der Waals surface area contributed by atoms with Gasteiger partial charge >= 0.3 is 0 Å². The van der Waals surface area contributed by atoms with Crippen molar-refractivity contribution in [2.45, 2.75) is 95.5 Å². The van der Waals surface area contributed by atoms with Crippen molar-refractivity contribution in [1.29, 1.82) is 0 Å². The Kier molecular flexibility index (Phi) is 11.7. The molecular formula is C38H50N6O5. The summed E-state index contributed by atoms with van der Waals surface area (Å²) in [6.07, 6.45) is 4.03. The number of primary amides is 1. The smallest absolute Gasteiger partial charge is 0.270 e. The molecular weight excluding hydrogens is 620 g/mol. The van der Waals surface area contributed by atoms with E-state index >= 15 is 0 Å². The summed E-state index contributed by atoms with van der Waals surface area (Å²) in [5.74, 6) is -1.20.